The number of benzene rings is 2. The van der Waals surface area contributed by atoms with Crippen LogP contribution in [0.1, 0.15) is 16.8 Å². The average Bonchev–Trinajstić information content (AvgIpc) is 2.74. The summed E-state index contributed by atoms with van der Waals surface area (Å²) in [7, 11) is 2.85. The van der Waals surface area contributed by atoms with Gasteiger partial charge in [0.05, 0.1) is 44.1 Å². The van der Waals surface area contributed by atoms with Crippen molar-refractivity contribution >= 4 is 29.7 Å². The summed E-state index contributed by atoms with van der Waals surface area (Å²) in [4.78, 5) is 37.1. The van der Waals surface area contributed by atoms with E-state index in [1.165, 1.54) is 14.2 Å². The normalized spacial score (nSPS) is 13.9. The van der Waals surface area contributed by atoms with E-state index in [0.29, 0.717) is 17.7 Å². The Morgan fingerprint density at radius 3 is 2.59 bits per heavy atom. The number of rotatable bonds is 8. The van der Waals surface area contributed by atoms with Crippen LogP contribution in [-0.2, 0) is 19.1 Å². The number of nitrogens with one attached hydrogen (secondary N) is 2. The first-order valence-corrected chi connectivity index (χ1v) is 9.13. The minimum atomic E-state index is -0.432. The quantitative estimate of drug-likeness (QED) is 0.524. The number of methoxy groups -OCH3 is 2. The van der Waals surface area contributed by atoms with Crippen LogP contribution in [-0.4, -0.2) is 56.7 Å². The molecular formula is C21H23N3O5. The van der Waals surface area contributed by atoms with Gasteiger partial charge in [-0.05, 0) is 23.8 Å². The molecule has 8 heteroatoms. The molecule has 152 valence electrons. The molecule has 0 aromatic heterocycles. The van der Waals surface area contributed by atoms with Gasteiger partial charge in [-0.15, -0.1) is 0 Å². The monoisotopic (exact) mass is 397 g/mol. The van der Waals surface area contributed by atoms with Crippen molar-refractivity contribution in [3.8, 4) is 11.1 Å². The Morgan fingerprint density at radius 2 is 1.93 bits per heavy atom. The predicted molar refractivity (Wildman–Crippen MR) is 109 cm³/mol. The molecule has 0 saturated heterocycles. The van der Waals surface area contributed by atoms with Crippen LogP contribution in [0.3, 0.4) is 0 Å². The summed E-state index contributed by atoms with van der Waals surface area (Å²) in [6.45, 7) is 0.474. The van der Waals surface area contributed by atoms with Gasteiger partial charge in [0.2, 0.25) is 6.41 Å². The summed E-state index contributed by atoms with van der Waals surface area (Å²) in [5, 5.41) is 5.91. The summed E-state index contributed by atoms with van der Waals surface area (Å²) in [5.74, 6) is -0.575. The molecule has 1 heterocycles. The lowest BCUT2D eigenvalue weighted by Crippen LogP contribution is -2.49. The smallest absolute Gasteiger partial charge is 0.307 e. The largest absolute Gasteiger partial charge is 0.469 e. The van der Waals surface area contributed by atoms with Crippen molar-refractivity contribution < 1.29 is 23.9 Å². The van der Waals surface area contributed by atoms with Crippen molar-refractivity contribution in [3.05, 3.63) is 48.0 Å². The number of carbonyl (C=O) groups excluding carboxylic acids is 3. The molecule has 0 spiro atoms. The van der Waals surface area contributed by atoms with Gasteiger partial charge in [-0.1, -0.05) is 24.3 Å². The van der Waals surface area contributed by atoms with Gasteiger partial charge in [0.15, 0.2) is 0 Å². The fourth-order valence-electron chi connectivity index (χ4n) is 3.39. The number of carbonyl (C=O) groups is 3. The van der Waals surface area contributed by atoms with Gasteiger partial charge in [-0.25, -0.2) is 0 Å². The lowest BCUT2D eigenvalue weighted by atomic mass is 9.97. The zero-order valence-electron chi connectivity index (χ0n) is 16.3. The highest BCUT2D eigenvalue weighted by Crippen LogP contribution is 2.35. The van der Waals surface area contributed by atoms with E-state index in [1.807, 2.05) is 24.3 Å². The van der Waals surface area contributed by atoms with Crippen molar-refractivity contribution in [1.82, 2.24) is 4.90 Å². The summed E-state index contributed by atoms with van der Waals surface area (Å²) in [6, 6.07) is 12.4. The van der Waals surface area contributed by atoms with Gasteiger partial charge in [-0.2, -0.15) is 0 Å². The first-order valence-electron chi connectivity index (χ1n) is 9.13. The number of para-hydroxylation sites is 1. The van der Waals surface area contributed by atoms with Crippen molar-refractivity contribution in [2.75, 3.05) is 38.1 Å². The molecule has 2 aromatic rings. The fourth-order valence-corrected chi connectivity index (χ4v) is 3.39. The van der Waals surface area contributed by atoms with E-state index >= 15 is 0 Å². The van der Waals surface area contributed by atoms with Crippen molar-refractivity contribution in [2.24, 2.45) is 0 Å². The zero-order valence-corrected chi connectivity index (χ0v) is 16.3. The van der Waals surface area contributed by atoms with E-state index in [1.54, 1.807) is 23.1 Å². The van der Waals surface area contributed by atoms with Crippen LogP contribution in [0.15, 0.2) is 42.5 Å². The average molecular weight is 397 g/mol. The third-order valence-electron chi connectivity index (χ3n) is 4.83. The van der Waals surface area contributed by atoms with Gasteiger partial charge in [0.1, 0.15) is 0 Å². The lowest BCUT2D eigenvalue weighted by Gasteiger charge is -2.36. The highest BCUT2D eigenvalue weighted by atomic mass is 16.5. The van der Waals surface area contributed by atoms with Crippen LogP contribution in [0, 0.1) is 0 Å². The molecule has 8 nitrogen and oxygen atoms in total. The lowest BCUT2D eigenvalue weighted by molar-refractivity contribution is -0.142. The fraction of sp³-hybridized carbons (Fsp3) is 0.286. The van der Waals surface area contributed by atoms with Crippen LogP contribution < -0.4 is 10.6 Å². The molecule has 0 radical (unpaired) electrons. The van der Waals surface area contributed by atoms with E-state index in [4.69, 9.17) is 9.47 Å². The third-order valence-corrected chi connectivity index (χ3v) is 4.83. The predicted octanol–water partition coefficient (Wildman–Crippen LogP) is 2.33. The molecule has 0 fully saturated rings. The number of amides is 2. The van der Waals surface area contributed by atoms with Crippen LogP contribution in [0.2, 0.25) is 0 Å². The number of ether oxygens (including phenoxy) is 2. The highest BCUT2D eigenvalue weighted by molar-refractivity contribution is 6.05. The molecule has 2 amide bonds. The van der Waals surface area contributed by atoms with Crippen molar-refractivity contribution in [1.29, 1.82) is 0 Å². The van der Waals surface area contributed by atoms with Gasteiger partial charge in [-0.3, -0.25) is 14.4 Å². The van der Waals surface area contributed by atoms with E-state index in [2.05, 4.69) is 10.6 Å². The Hall–Kier alpha value is -3.39. The second-order valence-electron chi connectivity index (χ2n) is 6.57. The number of nitrogens with zero attached hydrogens (tertiary/aromatic N) is 1. The van der Waals surface area contributed by atoms with Crippen LogP contribution in [0.5, 0.6) is 0 Å². The maximum absolute atomic E-state index is 13.2. The van der Waals surface area contributed by atoms with E-state index in [0.717, 1.165) is 16.8 Å². The Bertz CT molecular complexity index is 898. The number of fused-ring (bicyclic) bond motifs is 1. The first kappa shape index (κ1) is 20.3. The summed E-state index contributed by atoms with van der Waals surface area (Å²) >= 11 is 0. The van der Waals surface area contributed by atoms with Crippen LogP contribution >= 0.6 is 0 Å². The van der Waals surface area contributed by atoms with Gasteiger partial charge >= 0.3 is 5.97 Å². The SMILES string of the molecule is COCC(CC(=O)OC)N1CNc2c(cccc2-c2ccc(NC=O)cc2)C1=O. The maximum Gasteiger partial charge on any atom is 0.307 e. The van der Waals surface area contributed by atoms with E-state index in [-0.39, 0.29) is 25.6 Å². The highest BCUT2D eigenvalue weighted by Gasteiger charge is 2.32. The molecule has 3 rings (SSSR count). The maximum atomic E-state index is 13.2. The standard InChI is InChI=1S/C21H23N3O5/c1-28-11-16(10-19(26)29-2)24-12-22-20-17(4-3-5-18(20)21(24)27)14-6-8-15(9-7-14)23-13-25/h3-9,13,16,22H,10-12H2,1-2H3,(H,23,25). The number of hydrogen-bond acceptors (Lipinski definition) is 6. The molecule has 0 bridgehead atoms. The number of anilines is 2. The van der Waals surface area contributed by atoms with E-state index in [9.17, 15) is 14.4 Å². The molecule has 0 aliphatic carbocycles. The molecule has 2 aromatic carbocycles. The molecule has 1 atom stereocenters. The summed E-state index contributed by atoms with van der Waals surface area (Å²) in [6.07, 6.45) is 0.678. The van der Waals surface area contributed by atoms with Gasteiger partial charge < -0.3 is 25.0 Å². The molecular weight excluding hydrogens is 374 g/mol. The Balaban J connectivity index is 1.90. The van der Waals surface area contributed by atoms with Crippen molar-refractivity contribution in [2.45, 2.75) is 12.5 Å². The summed E-state index contributed by atoms with van der Waals surface area (Å²) in [5.41, 5.74) is 3.74. The number of esters is 1. The van der Waals surface area contributed by atoms with Crippen molar-refractivity contribution in [3.63, 3.8) is 0 Å². The molecule has 1 aliphatic heterocycles. The second kappa shape index (κ2) is 9.20. The van der Waals surface area contributed by atoms with Crippen LogP contribution in [0.4, 0.5) is 11.4 Å². The summed E-state index contributed by atoms with van der Waals surface area (Å²) < 4.78 is 9.95. The van der Waals surface area contributed by atoms with Crippen LogP contribution in [0.25, 0.3) is 11.1 Å². The molecule has 1 unspecified atom stereocenters. The van der Waals surface area contributed by atoms with Gasteiger partial charge in [0.25, 0.3) is 5.91 Å². The number of hydrogen-bond donors (Lipinski definition) is 2. The van der Waals surface area contributed by atoms with Gasteiger partial charge in [0, 0.05) is 18.4 Å². The third kappa shape index (κ3) is 4.38. The minimum Gasteiger partial charge on any atom is -0.469 e. The minimum absolute atomic E-state index is 0.0535. The second-order valence-corrected chi connectivity index (χ2v) is 6.57. The Morgan fingerprint density at radius 1 is 1.21 bits per heavy atom. The molecule has 1 aliphatic rings. The topological polar surface area (TPSA) is 97.0 Å². The zero-order chi connectivity index (χ0) is 20.8. The Kier molecular flexibility index (Phi) is 6.46. The van der Waals surface area contributed by atoms with E-state index < -0.39 is 12.0 Å². The molecule has 0 saturated carbocycles. The molecule has 29 heavy (non-hydrogen) atoms. The first-order chi connectivity index (χ1) is 14.1. The Labute approximate surface area is 168 Å². The molecule has 2 N–H and O–H groups in total.